The molecular weight excluding hydrogens is 408 g/mol. The zero-order valence-electron chi connectivity index (χ0n) is 14.9. The van der Waals surface area contributed by atoms with Gasteiger partial charge in [0.05, 0.1) is 12.9 Å². The number of methoxy groups -OCH3 is 1. The quantitative estimate of drug-likeness (QED) is 0.692. The minimum atomic E-state index is -3.17. The Kier molecular flexibility index (Phi) is 6.87. The summed E-state index contributed by atoms with van der Waals surface area (Å²) in [7, 11) is 0.219. The minimum absolute atomic E-state index is 0.0515. The number of halogens is 1. The maximum Gasteiger partial charge on any atom is 0.225 e. The standard InChI is InChI=1S/C17H25BrN2O4S/c1-4-25(22,23)20-9-7-13(8-10-20)17(21)19(2)12-14-11-15(18)5-6-16(14)24-3/h5-6,11,13H,4,7-10,12H2,1-3H3. The van der Waals surface area contributed by atoms with Crippen molar-refractivity contribution in [3.05, 3.63) is 28.2 Å². The van der Waals surface area contributed by atoms with Crippen LogP contribution in [0, 0.1) is 5.92 Å². The summed E-state index contributed by atoms with van der Waals surface area (Å²) >= 11 is 3.44. The van der Waals surface area contributed by atoms with E-state index in [0.717, 1.165) is 15.8 Å². The van der Waals surface area contributed by atoms with Crippen molar-refractivity contribution >= 4 is 31.9 Å². The number of amides is 1. The number of hydrogen-bond acceptors (Lipinski definition) is 4. The van der Waals surface area contributed by atoms with E-state index in [9.17, 15) is 13.2 Å². The summed E-state index contributed by atoms with van der Waals surface area (Å²) in [6.45, 7) is 2.93. The lowest BCUT2D eigenvalue weighted by atomic mass is 9.96. The number of piperidine rings is 1. The van der Waals surface area contributed by atoms with Crippen LogP contribution in [0.5, 0.6) is 5.75 Å². The Morgan fingerprint density at radius 3 is 2.56 bits per heavy atom. The first-order chi connectivity index (χ1) is 11.8. The normalized spacial score (nSPS) is 16.6. The van der Waals surface area contributed by atoms with E-state index >= 15 is 0 Å². The zero-order chi connectivity index (χ0) is 18.6. The van der Waals surface area contributed by atoms with Gasteiger partial charge >= 0.3 is 0 Å². The topological polar surface area (TPSA) is 66.9 Å². The van der Waals surface area contributed by atoms with Crippen molar-refractivity contribution in [3.8, 4) is 5.75 Å². The highest BCUT2D eigenvalue weighted by Crippen LogP contribution is 2.26. The molecule has 25 heavy (non-hydrogen) atoms. The fraction of sp³-hybridized carbons (Fsp3) is 0.588. The van der Waals surface area contributed by atoms with Gasteiger partial charge in [0.15, 0.2) is 0 Å². The first-order valence-corrected chi connectivity index (χ1v) is 10.7. The number of carbonyl (C=O) groups is 1. The third-order valence-electron chi connectivity index (χ3n) is 4.59. The molecule has 0 saturated carbocycles. The molecule has 0 radical (unpaired) electrons. The summed E-state index contributed by atoms with van der Waals surface area (Å²) in [4.78, 5) is 14.4. The molecule has 1 aromatic rings. The minimum Gasteiger partial charge on any atom is -0.496 e. The highest BCUT2D eigenvalue weighted by atomic mass is 79.9. The molecule has 1 amide bonds. The van der Waals surface area contributed by atoms with Crippen LogP contribution in [-0.4, -0.2) is 56.5 Å². The number of ether oxygens (including phenoxy) is 1. The Balaban J connectivity index is 1.99. The van der Waals surface area contributed by atoms with Gasteiger partial charge in [0.25, 0.3) is 0 Å². The van der Waals surface area contributed by atoms with Crippen molar-refractivity contribution in [3.63, 3.8) is 0 Å². The summed E-state index contributed by atoms with van der Waals surface area (Å²) in [6.07, 6.45) is 1.13. The molecule has 0 N–H and O–H groups in total. The van der Waals surface area contributed by atoms with Crippen molar-refractivity contribution in [2.24, 2.45) is 5.92 Å². The largest absolute Gasteiger partial charge is 0.496 e. The molecule has 1 saturated heterocycles. The number of hydrogen-bond donors (Lipinski definition) is 0. The molecule has 0 spiro atoms. The van der Waals surface area contributed by atoms with Gasteiger partial charge < -0.3 is 9.64 Å². The SMILES string of the molecule is CCS(=O)(=O)N1CCC(C(=O)N(C)Cc2cc(Br)ccc2OC)CC1. The molecular formula is C17H25BrN2O4S. The summed E-state index contributed by atoms with van der Waals surface area (Å²) in [5, 5.41) is 0. The highest BCUT2D eigenvalue weighted by Gasteiger charge is 2.31. The van der Waals surface area contributed by atoms with E-state index in [-0.39, 0.29) is 17.6 Å². The predicted molar refractivity (Wildman–Crippen MR) is 101 cm³/mol. The van der Waals surface area contributed by atoms with Crippen LogP contribution in [0.15, 0.2) is 22.7 Å². The molecule has 0 atom stereocenters. The lowest BCUT2D eigenvalue weighted by Gasteiger charge is -2.32. The van der Waals surface area contributed by atoms with Crippen molar-refractivity contribution in [1.29, 1.82) is 0 Å². The number of sulfonamides is 1. The van der Waals surface area contributed by atoms with Gasteiger partial charge in [0.2, 0.25) is 15.9 Å². The van der Waals surface area contributed by atoms with E-state index in [4.69, 9.17) is 4.74 Å². The monoisotopic (exact) mass is 432 g/mol. The van der Waals surface area contributed by atoms with Crippen LogP contribution in [0.1, 0.15) is 25.3 Å². The van der Waals surface area contributed by atoms with Crippen LogP contribution < -0.4 is 4.74 Å². The molecule has 1 fully saturated rings. The van der Waals surface area contributed by atoms with Crippen molar-refractivity contribution < 1.29 is 17.9 Å². The summed E-state index contributed by atoms with van der Waals surface area (Å²) < 4.78 is 31.6. The van der Waals surface area contributed by atoms with E-state index in [2.05, 4.69) is 15.9 Å². The van der Waals surface area contributed by atoms with Crippen LogP contribution in [0.4, 0.5) is 0 Å². The van der Waals surface area contributed by atoms with Crippen LogP contribution in [-0.2, 0) is 21.4 Å². The third kappa shape index (κ3) is 4.95. The summed E-state index contributed by atoms with van der Waals surface area (Å²) in [5.74, 6) is 0.766. The zero-order valence-corrected chi connectivity index (χ0v) is 17.3. The van der Waals surface area contributed by atoms with Gasteiger partial charge in [-0.1, -0.05) is 15.9 Å². The lowest BCUT2D eigenvalue weighted by Crippen LogP contribution is -2.43. The second-order valence-electron chi connectivity index (χ2n) is 6.22. The second-order valence-corrected chi connectivity index (χ2v) is 9.40. The van der Waals surface area contributed by atoms with Crippen molar-refractivity contribution in [1.82, 2.24) is 9.21 Å². The van der Waals surface area contributed by atoms with Gasteiger partial charge in [-0.15, -0.1) is 0 Å². The van der Waals surface area contributed by atoms with E-state index < -0.39 is 10.0 Å². The molecule has 0 unspecified atom stereocenters. The molecule has 1 heterocycles. The van der Waals surface area contributed by atoms with Gasteiger partial charge in [-0.3, -0.25) is 4.79 Å². The molecule has 0 bridgehead atoms. The van der Waals surface area contributed by atoms with Gasteiger partial charge in [-0.05, 0) is 38.0 Å². The number of rotatable bonds is 6. The summed E-state index contributed by atoms with van der Waals surface area (Å²) in [5.41, 5.74) is 0.929. The number of benzene rings is 1. The molecule has 1 aliphatic rings. The second kappa shape index (κ2) is 8.51. The van der Waals surface area contributed by atoms with Crippen LogP contribution in [0.3, 0.4) is 0 Å². The van der Waals surface area contributed by atoms with Crippen LogP contribution in [0.25, 0.3) is 0 Å². The first-order valence-electron chi connectivity index (χ1n) is 8.33. The smallest absolute Gasteiger partial charge is 0.225 e. The van der Waals surface area contributed by atoms with Gasteiger partial charge in [-0.2, -0.15) is 0 Å². The fourth-order valence-corrected chi connectivity index (χ4v) is 4.62. The van der Waals surface area contributed by atoms with E-state index in [0.29, 0.717) is 32.5 Å². The molecule has 8 heteroatoms. The number of carbonyl (C=O) groups excluding carboxylic acids is 1. The summed E-state index contributed by atoms with van der Waals surface area (Å²) in [6, 6.07) is 5.71. The Morgan fingerprint density at radius 2 is 2.00 bits per heavy atom. The van der Waals surface area contributed by atoms with Crippen LogP contribution >= 0.6 is 15.9 Å². The maximum absolute atomic E-state index is 12.7. The Labute approximate surface area is 158 Å². The third-order valence-corrected chi connectivity index (χ3v) is 6.96. The van der Waals surface area contributed by atoms with Gasteiger partial charge in [-0.25, -0.2) is 12.7 Å². The number of nitrogens with zero attached hydrogens (tertiary/aromatic N) is 2. The molecule has 1 aliphatic heterocycles. The van der Waals surface area contributed by atoms with E-state index in [1.54, 1.807) is 26.0 Å². The Hall–Kier alpha value is -1.12. The lowest BCUT2D eigenvalue weighted by molar-refractivity contribution is -0.135. The Morgan fingerprint density at radius 1 is 1.36 bits per heavy atom. The fourth-order valence-electron chi connectivity index (χ4n) is 3.08. The van der Waals surface area contributed by atoms with Crippen molar-refractivity contribution in [2.75, 3.05) is 33.0 Å². The van der Waals surface area contributed by atoms with Crippen LogP contribution in [0.2, 0.25) is 0 Å². The van der Waals surface area contributed by atoms with E-state index in [1.807, 2.05) is 18.2 Å². The molecule has 6 nitrogen and oxygen atoms in total. The molecule has 140 valence electrons. The molecule has 0 aliphatic carbocycles. The highest BCUT2D eigenvalue weighted by molar-refractivity contribution is 9.10. The molecule has 2 rings (SSSR count). The average molecular weight is 433 g/mol. The Bertz CT molecular complexity index is 715. The van der Waals surface area contributed by atoms with Gasteiger partial charge in [0.1, 0.15) is 5.75 Å². The molecule has 0 aromatic heterocycles. The van der Waals surface area contributed by atoms with E-state index in [1.165, 1.54) is 4.31 Å². The van der Waals surface area contributed by atoms with Gasteiger partial charge in [0, 0.05) is 42.6 Å². The predicted octanol–water partition coefficient (Wildman–Crippen LogP) is 2.48. The van der Waals surface area contributed by atoms with Crippen molar-refractivity contribution in [2.45, 2.75) is 26.3 Å². The first kappa shape index (κ1) is 20.2. The maximum atomic E-state index is 12.7. The molecule has 1 aromatic carbocycles. The average Bonchev–Trinajstić information content (AvgIpc) is 2.61.